The molecule has 0 fully saturated rings. The average Bonchev–Trinajstić information content (AvgIpc) is 3.29. The molecule has 0 radical (unpaired) electrons. The highest BCUT2D eigenvalue weighted by Gasteiger charge is 2.35. The fourth-order valence-electron chi connectivity index (χ4n) is 2.84. The molecule has 3 aromatic rings. The van der Waals surface area contributed by atoms with Crippen molar-refractivity contribution in [3.8, 4) is 11.3 Å². The molecule has 0 saturated heterocycles. The maximum Gasteiger partial charge on any atom is 0.435 e. The first kappa shape index (κ1) is 22.3. The summed E-state index contributed by atoms with van der Waals surface area (Å²) in [4.78, 5) is 15.6. The lowest BCUT2D eigenvalue weighted by Gasteiger charge is -2.07. The minimum absolute atomic E-state index is 0.108. The van der Waals surface area contributed by atoms with Crippen LogP contribution >= 0.6 is 0 Å². The highest BCUT2D eigenvalue weighted by molar-refractivity contribution is 5.92. The molecule has 0 bridgehead atoms. The van der Waals surface area contributed by atoms with Crippen LogP contribution in [0.5, 0.6) is 0 Å². The summed E-state index contributed by atoms with van der Waals surface area (Å²) in [7, 11) is 1.21. The fourth-order valence-corrected chi connectivity index (χ4v) is 2.84. The Labute approximate surface area is 171 Å². The highest BCUT2D eigenvalue weighted by Crippen LogP contribution is 2.30. The van der Waals surface area contributed by atoms with Gasteiger partial charge in [-0.25, -0.2) is 0 Å². The Morgan fingerprint density at radius 1 is 1.03 bits per heavy atom. The van der Waals surface area contributed by atoms with Gasteiger partial charge in [0.1, 0.15) is 11.4 Å². The summed E-state index contributed by atoms with van der Waals surface area (Å²) < 4.78 is 79.3. The van der Waals surface area contributed by atoms with Crippen molar-refractivity contribution in [2.45, 2.75) is 32.4 Å². The largest absolute Gasteiger partial charge is 0.435 e. The second-order valence-corrected chi connectivity index (χ2v) is 6.48. The number of nitrogens with zero attached hydrogens (tertiary/aromatic N) is 5. The van der Waals surface area contributed by atoms with Crippen molar-refractivity contribution >= 4 is 5.91 Å². The van der Waals surface area contributed by atoms with Crippen LogP contribution in [0.4, 0.5) is 26.3 Å². The van der Waals surface area contributed by atoms with Crippen molar-refractivity contribution in [3.63, 3.8) is 0 Å². The highest BCUT2D eigenvalue weighted by atomic mass is 19.4. The third kappa shape index (κ3) is 4.86. The quantitative estimate of drug-likeness (QED) is 0.607. The Morgan fingerprint density at radius 2 is 1.71 bits per heavy atom. The maximum absolute atomic E-state index is 12.9. The summed E-state index contributed by atoms with van der Waals surface area (Å²) in [6.45, 7) is 1.99. The van der Waals surface area contributed by atoms with Gasteiger partial charge in [0.25, 0.3) is 5.91 Å². The van der Waals surface area contributed by atoms with Gasteiger partial charge in [0.05, 0.1) is 17.9 Å². The van der Waals surface area contributed by atoms with Crippen LogP contribution in [0.25, 0.3) is 11.3 Å². The molecule has 0 aliphatic carbocycles. The number of aryl methyl sites for hydroxylation is 2. The standard InChI is InChI=1S/C18H16F6N6O/c1-3-30-11(7-12(27-30)10-4-5-25-14(6-10)17(19,20)21)9-26-16(31)13-8-15(18(22,23)24)28-29(13)2/h4-8H,3,9H2,1-2H3,(H,26,31). The van der Waals surface area contributed by atoms with Gasteiger partial charge in [0, 0.05) is 31.4 Å². The molecule has 0 atom stereocenters. The molecule has 0 unspecified atom stereocenters. The zero-order valence-electron chi connectivity index (χ0n) is 16.2. The lowest BCUT2D eigenvalue weighted by Crippen LogP contribution is -2.26. The van der Waals surface area contributed by atoms with Gasteiger partial charge in [-0.3, -0.25) is 19.1 Å². The molecule has 166 valence electrons. The van der Waals surface area contributed by atoms with E-state index in [0.29, 0.717) is 18.3 Å². The van der Waals surface area contributed by atoms with Gasteiger partial charge in [-0.1, -0.05) is 0 Å². The summed E-state index contributed by atoms with van der Waals surface area (Å²) in [5, 5.41) is 9.99. The molecule has 0 aliphatic heterocycles. The van der Waals surface area contributed by atoms with Crippen LogP contribution in [0, 0.1) is 0 Å². The monoisotopic (exact) mass is 446 g/mol. The normalized spacial score (nSPS) is 12.3. The zero-order chi connectivity index (χ0) is 23.0. The molecule has 0 aliphatic rings. The van der Waals surface area contributed by atoms with E-state index in [0.717, 1.165) is 16.9 Å². The van der Waals surface area contributed by atoms with E-state index >= 15 is 0 Å². The van der Waals surface area contributed by atoms with Crippen molar-refractivity contribution in [1.29, 1.82) is 0 Å². The van der Waals surface area contributed by atoms with Crippen LogP contribution in [-0.4, -0.2) is 30.5 Å². The Balaban J connectivity index is 1.80. The predicted octanol–water partition coefficient (Wildman–Crippen LogP) is 3.67. The molecule has 3 heterocycles. The molecule has 0 saturated carbocycles. The Morgan fingerprint density at radius 3 is 2.29 bits per heavy atom. The van der Waals surface area contributed by atoms with E-state index in [9.17, 15) is 31.1 Å². The number of carbonyl (C=O) groups is 1. The second kappa shape index (κ2) is 8.04. The molecule has 3 aromatic heterocycles. The van der Waals surface area contributed by atoms with Gasteiger partial charge < -0.3 is 5.32 Å². The zero-order valence-corrected chi connectivity index (χ0v) is 16.2. The van der Waals surface area contributed by atoms with Gasteiger partial charge >= 0.3 is 12.4 Å². The average molecular weight is 446 g/mol. The molecular weight excluding hydrogens is 430 g/mol. The van der Waals surface area contributed by atoms with Gasteiger partial charge in [-0.05, 0) is 25.1 Å². The van der Waals surface area contributed by atoms with E-state index in [-0.39, 0.29) is 23.5 Å². The summed E-state index contributed by atoms with van der Waals surface area (Å²) in [6.07, 6.45) is -8.28. The summed E-state index contributed by atoms with van der Waals surface area (Å²) in [5.74, 6) is -0.792. The number of hydrogen-bond donors (Lipinski definition) is 1. The Hall–Kier alpha value is -3.38. The summed E-state index contributed by atoms with van der Waals surface area (Å²) in [6, 6.07) is 4.35. The first-order chi connectivity index (χ1) is 14.4. The molecule has 13 heteroatoms. The lowest BCUT2D eigenvalue weighted by molar-refractivity contribution is -0.142. The Kier molecular flexibility index (Phi) is 5.79. The van der Waals surface area contributed by atoms with Crippen LogP contribution in [0.3, 0.4) is 0 Å². The van der Waals surface area contributed by atoms with E-state index in [4.69, 9.17) is 0 Å². The topological polar surface area (TPSA) is 77.6 Å². The molecule has 3 rings (SSSR count). The van der Waals surface area contributed by atoms with Crippen LogP contribution in [-0.2, 0) is 32.5 Å². The first-order valence-electron chi connectivity index (χ1n) is 8.90. The fraction of sp³-hybridized carbons (Fsp3) is 0.333. The molecule has 7 nitrogen and oxygen atoms in total. The van der Waals surface area contributed by atoms with E-state index in [1.807, 2.05) is 0 Å². The summed E-state index contributed by atoms with van der Waals surface area (Å²) in [5.41, 5.74) is -1.68. The van der Waals surface area contributed by atoms with Crippen molar-refractivity contribution in [2.75, 3.05) is 0 Å². The van der Waals surface area contributed by atoms with Crippen molar-refractivity contribution in [3.05, 3.63) is 53.2 Å². The molecular formula is C18H16F6N6O. The number of halogens is 6. The number of rotatable bonds is 5. The number of carbonyl (C=O) groups excluding carboxylic acids is 1. The molecule has 1 amide bonds. The number of hydrogen-bond acceptors (Lipinski definition) is 4. The number of alkyl halides is 6. The van der Waals surface area contributed by atoms with Crippen LogP contribution in [0.15, 0.2) is 30.5 Å². The molecule has 31 heavy (non-hydrogen) atoms. The summed E-state index contributed by atoms with van der Waals surface area (Å²) >= 11 is 0. The number of aromatic nitrogens is 5. The molecule has 1 N–H and O–H groups in total. The van der Waals surface area contributed by atoms with Crippen molar-refractivity contribution in [1.82, 2.24) is 29.9 Å². The van der Waals surface area contributed by atoms with Crippen LogP contribution in [0.1, 0.15) is 34.5 Å². The smallest absolute Gasteiger partial charge is 0.345 e. The second-order valence-electron chi connectivity index (χ2n) is 6.48. The van der Waals surface area contributed by atoms with E-state index in [2.05, 4.69) is 20.5 Å². The van der Waals surface area contributed by atoms with Crippen molar-refractivity contribution < 1.29 is 31.1 Å². The third-order valence-electron chi connectivity index (χ3n) is 4.34. The van der Waals surface area contributed by atoms with Gasteiger partial charge in [0.2, 0.25) is 0 Å². The minimum Gasteiger partial charge on any atom is -0.345 e. The predicted molar refractivity (Wildman–Crippen MR) is 95.5 cm³/mol. The maximum atomic E-state index is 12.9. The number of pyridine rings is 1. The van der Waals surface area contributed by atoms with E-state index in [1.54, 1.807) is 6.92 Å². The van der Waals surface area contributed by atoms with Crippen LogP contribution < -0.4 is 5.32 Å². The van der Waals surface area contributed by atoms with Crippen LogP contribution in [0.2, 0.25) is 0 Å². The Bertz CT molecular complexity index is 1100. The van der Waals surface area contributed by atoms with Gasteiger partial charge in [-0.15, -0.1) is 0 Å². The SMILES string of the molecule is CCn1nc(-c2ccnc(C(F)(F)F)c2)cc1CNC(=O)c1cc(C(F)(F)F)nn1C. The van der Waals surface area contributed by atoms with Crippen molar-refractivity contribution in [2.24, 2.45) is 7.05 Å². The van der Waals surface area contributed by atoms with E-state index in [1.165, 1.54) is 23.9 Å². The third-order valence-corrected chi connectivity index (χ3v) is 4.34. The molecule has 0 spiro atoms. The lowest BCUT2D eigenvalue weighted by atomic mass is 10.1. The van der Waals surface area contributed by atoms with Gasteiger partial charge in [0.15, 0.2) is 5.69 Å². The minimum atomic E-state index is -4.69. The first-order valence-corrected chi connectivity index (χ1v) is 8.90. The van der Waals surface area contributed by atoms with E-state index < -0.39 is 29.6 Å². The number of nitrogens with one attached hydrogen (secondary N) is 1. The molecule has 0 aromatic carbocycles. The number of amides is 1. The van der Waals surface area contributed by atoms with Gasteiger partial charge in [-0.2, -0.15) is 36.5 Å².